The van der Waals surface area contributed by atoms with Gasteiger partial charge in [0.1, 0.15) is 5.25 Å². The fourth-order valence-corrected chi connectivity index (χ4v) is 8.31. The Hall–Kier alpha value is -0.790. The molecule has 0 radical (unpaired) electrons. The Bertz CT molecular complexity index is 768. The number of nitrogens with zero attached hydrogens (tertiary/aromatic N) is 1. The van der Waals surface area contributed by atoms with Crippen LogP contribution in [0.3, 0.4) is 0 Å². The fraction of sp³-hybridized carbons (Fsp3) is 0.957. The summed E-state index contributed by atoms with van der Waals surface area (Å²) in [6.45, 7) is 13.0. The smallest absolute Gasteiger partial charge is 0.319 e. The highest BCUT2D eigenvalue weighted by molar-refractivity contribution is 8.00. The summed E-state index contributed by atoms with van der Waals surface area (Å²) in [6, 6.07) is 0. The minimum Gasteiger partial charge on any atom is -0.465 e. The van der Waals surface area contributed by atoms with Gasteiger partial charge in [-0.15, -0.1) is 11.8 Å². The monoisotopic (exact) mass is 770 g/mol. The molecule has 0 saturated carbocycles. The minimum atomic E-state index is 0.00161. The average molecular weight is 770 g/mol. The van der Waals surface area contributed by atoms with Crippen LogP contribution in [0.25, 0.3) is 0 Å². The first-order valence-corrected chi connectivity index (χ1v) is 24.4. The number of unbranched alkanes of at least 4 members (excludes halogenated alkanes) is 22. The van der Waals surface area contributed by atoms with Gasteiger partial charge in [0.25, 0.3) is 0 Å². The molecule has 0 aliphatic rings. The topological polar surface area (TPSA) is 76.1 Å². The van der Waals surface area contributed by atoms with E-state index in [0.29, 0.717) is 13.2 Å². The first-order chi connectivity index (χ1) is 26.0. The second-order valence-electron chi connectivity index (χ2n) is 15.8. The summed E-state index contributed by atoms with van der Waals surface area (Å²) in [4.78, 5) is 28.2. The zero-order valence-corrected chi connectivity index (χ0v) is 36.8. The summed E-state index contributed by atoms with van der Waals surface area (Å²) in [5.74, 6) is 1.21. The number of aliphatic hydroxyl groups is 1. The highest BCUT2D eigenvalue weighted by Crippen LogP contribution is 2.23. The number of carbonyl (C=O) groups excluding carboxylic acids is 2. The van der Waals surface area contributed by atoms with Crippen LogP contribution in [0.5, 0.6) is 0 Å². The highest BCUT2D eigenvalue weighted by atomic mass is 32.2. The van der Waals surface area contributed by atoms with Crippen molar-refractivity contribution in [3.63, 3.8) is 0 Å². The van der Waals surface area contributed by atoms with Crippen LogP contribution in [-0.2, 0) is 19.1 Å². The number of hydrogen-bond donors (Lipinski definition) is 1. The van der Waals surface area contributed by atoms with Crippen molar-refractivity contribution >= 4 is 23.7 Å². The van der Waals surface area contributed by atoms with E-state index in [1.165, 1.54) is 109 Å². The minimum absolute atomic E-state index is 0.00161. The molecule has 0 bridgehead atoms. The molecule has 0 fully saturated rings. The van der Waals surface area contributed by atoms with E-state index in [9.17, 15) is 14.7 Å². The van der Waals surface area contributed by atoms with Crippen molar-refractivity contribution in [2.75, 3.05) is 45.2 Å². The molecule has 316 valence electrons. The summed E-state index contributed by atoms with van der Waals surface area (Å²) >= 11 is 1.83. The van der Waals surface area contributed by atoms with E-state index in [2.05, 4.69) is 32.6 Å². The number of thioether (sulfide) groups is 1. The Morgan fingerprint density at radius 3 is 1.38 bits per heavy atom. The Kier molecular flexibility index (Phi) is 41.7. The molecule has 0 aromatic rings. The normalized spacial score (nSPS) is 12.7. The third-order valence-corrected chi connectivity index (χ3v) is 12.0. The molecule has 2 atom stereocenters. The SMILES string of the molecule is CCCCCCCCSC(CCCCCC)C(=O)OCCCCCCN(CCO)CCCCCCOC(=O)C(CCCCCC)CCCCCCCC. The molecule has 0 heterocycles. The Labute approximate surface area is 334 Å². The Morgan fingerprint density at radius 1 is 0.472 bits per heavy atom. The Balaban J connectivity index is 4.21. The summed E-state index contributed by atoms with van der Waals surface area (Å²) < 4.78 is 11.6. The van der Waals surface area contributed by atoms with Crippen LogP contribution in [0.1, 0.15) is 227 Å². The molecule has 53 heavy (non-hydrogen) atoms. The molecule has 0 aromatic carbocycles. The van der Waals surface area contributed by atoms with E-state index < -0.39 is 0 Å². The van der Waals surface area contributed by atoms with Gasteiger partial charge in [0.2, 0.25) is 0 Å². The second-order valence-corrected chi connectivity index (χ2v) is 17.1. The number of hydrogen-bond acceptors (Lipinski definition) is 7. The van der Waals surface area contributed by atoms with Crippen LogP contribution < -0.4 is 0 Å². The predicted octanol–water partition coefficient (Wildman–Crippen LogP) is 13.3. The molecule has 2 unspecified atom stereocenters. The van der Waals surface area contributed by atoms with Gasteiger partial charge in [-0.05, 0) is 70.2 Å². The van der Waals surface area contributed by atoms with Crippen LogP contribution >= 0.6 is 11.8 Å². The molecule has 0 rings (SSSR count). The van der Waals surface area contributed by atoms with Crippen molar-refractivity contribution < 1.29 is 24.2 Å². The average Bonchev–Trinajstić information content (AvgIpc) is 3.16. The molecule has 0 amide bonds. The maximum absolute atomic E-state index is 12.9. The first kappa shape index (κ1) is 52.2. The molecule has 0 aliphatic carbocycles. The molecule has 0 aromatic heterocycles. The molecule has 1 N–H and O–H groups in total. The van der Waals surface area contributed by atoms with E-state index in [0.717, 1.165) is 115 Å². The number of rotatable bonds is 43. The predicted molar refractivity (Wildman–Crippen MR) is 231 cm³/mol. The summed E-state index contributed by atoms with van der Waals surface area (Å²) in [5.41, 5.74) is 0. The van der Waals surface area contributed by atoms with Crippen molar-refractivity contribution in [2.45, 2.75) is 232 Å². The lowest BCUT2D eigenvalue weighted by molar-refractivity contribution is -0.149. The van der Waals surface area contributed by atoms with E-state index >= 15 is 0 Å². The van der Waals surface area contributed by atoms with Crippen LogP contribution in [0, 0.1) is 5.92 Å². The lowest BCUT2D eigenvalue weighted by Crippen LogP contribution is -2.29. The first-order valence-electron chi connectivity index (χ1n) is 23.3. The summed E-state index contributed by atoms with van der Waals surface area (Å²) in [5, 5.41) is 9.61. The van der Waals surface area contributed by atoms with Crippen molar-refractivity contribution in [1.82, 2.24) is 4.90 Å². The van der Waals surface area contributed by atoms with Gasteiger partial charge in [0.05, 0.1) is 25.7 Å². The van der Waals surface area contributed by atoms with Gasteiger partial charge in [-0.25, -0.2) is 0 Å². The van der Waals surface area contributed by atoms with E-state index in [1.807, 2.05) is 11.8 Å². The van der Waals surface area contributed by atoms with Gasteiger partial charge in [0, 0.05) is 6.54 Å². The van der Waals surface area contributed by atoms with E-state index in [1.54, 1.807) is 0 Å². The standard InChI is InChI=1S/C46H91NO5S/c1-5-9-13-17-19-26-34-43(33-25-15-11-7-3)45(49)51-40-30-22-20-28-36-47(38-39-48)37-29-21-23-31-41-52-46(50)44(35-27-16-12-8-4)53-42-32-24-18-14-10-6-2/h43-44,48H,5-42H2,1-4H3. The molecule has 6 nitrogen and oxygen atoms in total. The quantitative estimate of drug-likeness (QED) is 0.0489. The number of carbonyl (C=O) groups is 2. The molecule has 0 aliphatic heterocycles. The maximum atomic E-state index is 12.9. The lowest BCUT2D eigenvalue weighted by atomic mass is 9.94. The zero-order valence-electron chi connectivity index (χ0n) is 36.0. The molecular weight excluding hydrogens is 679 g/mol. The lowest BCUT2D eigenvalue weighted by Gasteiger charge is -2.21. The molecule has 0 saturated heterocycles. The van der Waals surface area contributed by atoms with Gasteiger partial charge in [0.15, 0.2) is 0 Å². The van der Waals surface area contributed by atoms with Gasteiger partial charge >= 0.3 is 11.9 Å². The van der Waals surface area contributed by atoms with Crippen LogP contribution in [-0.4, -0.2) is 72.4 Å². The summed E-state index contributed by atoms with van der Waals surface area (Å²) in [7, 11) is 0. The van der Waals surface area contributed by atoms with Gasteiger partial charge in [-0.3, -0.25) is 9.59 Å². The molecular formula is C46H91NO5S. The van der Waals surface area contributed by atoms with Gasteiger partial charge < -0.3 is 19.5 Å². The fourth-order valence-electron chi connectivity index (χ4n) is 7.12. The Morgan fingerprint density at radius 2 is 0.868 bits per heavy atom. The zero-order chi connectivity index (χ0) is 38.9. The third kappa shape index (κ3) is 35.4. The number of ether oxygens (including phenoxy) is 2. The maximum Gasteiger partial charge on any atom is 0.319 e. The van der Waals surface area contributed by atoms with Crippen molar-refractivity contribution in [2.24, 2.45) is 5.92 Å². The van der Waals surface area contributed by atoms with Crippen LogP contribution in [0.2, 0.25) is 0 Å². The molecule has 7 heteroatoms. The molecule has 0 spiro atoms. The van der Waals surface area contributed by atoms with Crippen LogP contribution in [0.15, 0.2) is 0 Å². The van der Waals surface area contributed by atoms with Crippen molar-refractivity contribution in [3.8, 4) is 0 Å². The van der Waals surface area contributed by atoms with Gasteiger partial charge in [-0.2, -0.15) is 0 Å². The van der Waals surface area contributed by atoms with Crippen LogP contribution in [0.4, 0.5) is 0 Å². The third-order valence-electron chi connectivity index (χ3n) is 10.7. The van der Waals surface area contributed by atoms with E-state index in [4.69, 9.17) is 9.47 Å². The van der Waals surface area contributed by atoms with Crippen molar-refractivity contribution in [3.05, 3.63) is 0 Å². The van der Waals surface area contributed by atoms with Gasteiger partial charge in [-0.1, -0.05) is 175 Å². The largest absolute Gasteiger partial charge is 0.465 e. The highest BCUT2D eigenvalue weighted by Gasteiger charge is 2.21. The second kappa shape index (κ2) is 42.4. The van der Waals surface area contributed by atoms with E-state index in [-0.39, 0.29) is 29.7 Å². The summed E-state index contributed by atoms with van der Waals surface area (Å²) in [6.07, 6.45) is 36.4. The number of esters is 2. The number of aliphatic hydroxyl groups excluding tert-OH is 1. The van der Waals surface area contributed by atoms with Crippen molar-refractivity contribution in [1.29, 1.82) is 0 Å².